The zero-order valence-electron chi connectivity index (χ0n) is 16.7. The van der Waals surface area contributed by atoms with Gasteiger partial charge in [-0.1, -0.05) is 79.1 Å². The van der Waals surface area contributed by atoms with Crippen LogP contribution in [0.3, 0.4) is 0 Å². The van der Waals surface area contributed by atoms with Crippen LogP contribution < -0.4 is 0 Å². The molecular weight excluding hydrogens is 342 g/mol. The Bertz CT molecular complexity index is 396. The van der Waals surface area contributed by atoms with Gasteiger partial charge in [0.2, 0.25) is 12.3 Å². The number of unbranched alkanes of at least 4 members (excludes halogenated alkanes) is 7. The predicted octanol–water partition coefficient (Wildman–Crippen LogP) is 5.79. The summed E-state index contributed by atoms with van der Waals surface area (Å²) in [6.45, 7) is 6.61. The predicted molar refractivity (Wildman–Crippen MR) is 98.8 cm³/mol. The number of carbonyl (C=O) groups is 2. The first kappa shape index (κ1) is 24.8. The minimum absolute atomic E-state index is 0.559. The Morgan fingerprint density at radius 2 is 0.885 bits per heavy atom. The van der Waals surface area contributed by atoms with Crippen LogP contribution in [0.25, 0.3) is 0 Å². The Labute approximate surface area is 156 Å². The summed E-state index contributed by atoms with van der Waals surface area (Å²) in [5.74, 6) is -2.78. The van der Waals surface area contributed by atoms with Crippen LogP contribution in [0.5, 0.6) is 0 Å². The Morgan fingerprint density at radius 3 is 1.12 bits per heavy atom. The van der Waals surface area contributed by atoms with Crippen molar-refractivity contribution in [1.29, 1.82) is 0 Å². The second-order valence-electron chi connectivity index (χ2n) is 8.71. The molecule has 0 rings (SSSR count). The molecule has 26 heavy (non-hydrogen) atoms. The molecule has 0 aromatic rings. The van der Waals surface area contributed by atoms with Gasteiger partial charge in [-0.25, -0.2) is 18.4 Å². The van der Waals surface area contributed by atoms with Gasteiger partial charge >= 0.3 is 11.9 Å². The third kappa shape index (κ3) is 9.48. The second kappa shape index (κ2) is 11.5. The minimum Gasteiger partial charge on any atom is -0.479 e. The van der Waals surface area contributed by atoms with E-state index in [4.69, 9.17) is 10.2 Å². The van der Waals surface area contributed by atoms with E-state index in [-0.39, 0.29) is 0 Å². The van der Waals surface area contributed by atoms with Gasteiger partial charge in [-0.05, 0) is 12.8 Å². The lowest BCUT2D eigenvalue weighted by molar-refractivity contribution is -0.148. The third-order valence-corrected chi connectivity index (χ3v) is 5.20. The number of carboxylic acids is 2. The maximum absolute atomic E-state index is 13.6. The van der Waals surface area contributed by atoms with E-state index in [9.17, 15) is 18.4 Å². The van der Waals surface area contributed by atoms with Gasteiger partial charge in [-0.3, -0.25) is 0 Å². The van der Waals surface area contributed by atoms with Crippen LogP contribution in [-0.4, -0.2) is 34.5 Å². The lowest BCUT2D eigenvalue weighted by Crippen LogP contribution is -2.32. The van der Waals surface area contributed by atoms with Crippen LogP contribution in [0.4, 0.5) is 8.78 Å². The maximum atomic E-state index is 13.6. The first-order valence-corrected chi connectivity index (χ1v) is 9.65. The number of hydrogen-bond acceptors (Lipinski definition) is 2. The molecule has 0 bridgehead atoms. The molecule has 0 aromatic heterocycles. The smallest absolute Gasteiger partial charge is 0.338 e. The quantitative estimate of drug-likeness (QED) is 0.354. The number of rotatable bonds is 15. The lowest BCUT2D eigenvalue weighted by Gasteiger charge is -2.26. The van der Waals surface area contributed by atoms with Gasteiger partial charge < -0.3 is 10.2 Å². The van der Waals surface area contributed by atoms with E-state index in [1.165, 1.54) is 0 Å². The first-order valence-electron chi connectivity index (χ1n) is 9.65. The number of hydrogen-bond donors (Lipinski definition) is 2. The summed E-state index contributed by atoms with van der Waals surface area (Å²) in [7, 11) is 0. The van der Waals surface area contributed by atoms with E-state index in [0.29, 0.717) is 12.8 Å². The van der Waals surface area contributed by atoms with E-state index in [1.54, 1.807) is 27.7 Å². The summed E-state index contributed by atoms with van der Waals surface area (Å²) in [6.07, 6.45) is 5.26. The highest BCUT2D eigenvalue weighted by Gasteiger charge is 2.35. The van der Waals surface area contributed by atoms with Gasteiger partial charge in [0.1, 0.15) is 0 Å². The molecule has 2 N–H and O–H groups in total. The largest absolute Gasteiger partial charge is 0.479 e. The zero-order chi connectivity index (χ0) is 20.4. The van der Waals surface area contributed by atoms with Crippen molar-refractivity contribution in [3.8, 4) is 0 Å². The van der Waals surface area contributed by atoms with Crippen LogP contribution in [0.15, 0.2) is 0 Å². The Balaban J connectivity index is 3.69. The molecule has 154 valence electrons. The number of halogens is 2. The number of aliphatic carboxylic acids is 2. The van der Waals surface area contributed by atoms with E-state index in [2.05, 4.69) is 0 Å². The molecule has 0 fully saturated rings. The maximum Gasteiger partial charge on any atom is 0.338 e. The Hall–Kier alpha value is -1.20. The van der Waals surface area contributed by atoms with Crippen LogP contribution >= 0.6 is 0 Å². The van der Waals surface area contributed by atoms with Crippen LogP contribution in [0.1, 0.15) is 91.9 Å². The lowest BCUT2D eigenvalue weighted by atomic mass is 9.82. The summed E-state index contributed by atoms with van der Waals surface area (Å²) in [4.78, 5) is 21.4. The molecule has 0 aliphatic heterocycles. The first-order chi connectivity index (χ1) is 11.9. The monoisotopic (exact) mass is 378 g/mol. The minimum atomic E-state index is -1.82. The number of alkyl halides is 2. The van der Waals surface area contributed by atoms with Gasteiger partial charge in [0.25, 0.3) is 0 Å². The van der Waals surface area contributed by atoms with Gasteiger partial charge in [0.05, 0.1) is 0 Å². The third-order valence-electron chi connectivity index (χ3n) is 5.20. The molecule has 4 nitrogen and oxygen atoms in total. The molecule has 0 saturated heterocycles. The van der Waals surface area contributed by atoms with Crippen molar-refractivity contribution in [1.82, 2.24) is 0 Å². The van der Waals surface area contributed by atoms with E-state index >= 15 is 0 Å². The summed E-state index contributed by atoms with van der Waals surface area (Å²) in [6, 6.07) is 0. The molecule has 0 heterocycles. The van der Waals surface area contributed by atoms with Gasteiger partial charge in [-0.15, -0.1) is 0 Å². The van der Waals surface area contributed by atoms with Crippen molar-refractivity contribution in [2.45, 2.75) is 104 Å². The molecule has 0 spiro atoms. The van der Waals surface area contributed by atoms with Crippen molar-refractivity contribution in [2.24, 2.45) is 10.8 Å². The van der Waals surface area contributed by atoms with Gasteiger partial charge in [0, 0.05) is 10.8 Å². The van der Waals surface area contributed by atoms with Crippen LogP contribution in [0.2, 0.25) is 0 Å². The molecule has 0 aromatic carbocycles. The highest BCUT2D eigenvalue weighted by molar-refractivity contribution is 5.73. The van der Waals surface area contributed by atoms with Crippen molar-refractivity contribution in [3.05, 3.63) is 0 Å². The molecule has 6 heteroatoms. The topological polar surface area (TPSA) is 74.6 Å². The van der Waals surface area contributed by atoms with Gasteiger partial charge in [0.15, 0.2) is 0 Å². The summed E-state index contributed by atoms with van der Waals surface area (Å²) < 4.78 is 27.1. The average Bonchev–Trinajstić information content (AvgIpc) is 2.54. The normalized spacial score (nSPS) is 14.8. The summed E-state index contributed by atoms with van der Waals surface area (Å²) >= 11 is 0. The van der Waals surface area contributed by atoms with E-state index < -0.39 is 35.1 Å². The molecule has 2 unspecified atom stereocenters. The summed E-state index contributed by atoms with van der Waals surface area (Å²) in [5.41, 5.74) is -1.66. The Morgan fingerprint density at radius 1 is 0.654 bits per heavy atom. The highest BCUT2D eigenvalue weighted by atomic mass is 19.1. The molecule has 0 aliphatic carbocycles. The standard InChI is InChI=1S/C20H36F2O4/c1-19(2,15(21)17(23)24)13-11-9-7-5-6-8-10-12-14-20(3,4)16(22)18(25)26/h15-16H,5-14H2,1-4H3,(H,23,24)(H,25,26). The second-order valence-corrected chi connectivity index (χ2v) is 8.71. The molecule has 2 atom stereocenters. The van der Waals surface area contributed by atoms with E-state index in [0.717, 1.165) is 51.4 Å². The van der Waals surface area contributed by atoms with Crippen LogP contribution in [-0.2, 0) is 9.59 Å². The fraction of sp³-hybridized carbons (Fsp3) is 0.900. The molecule has 0 saturated carbocycles. The molecule has 0 amide bonds. The van der Waals surface area contributed by atoms with Gasteiger partial charge in [-0.2, -0.15) is 0 Å². The molecular formula is C20H36F2O4. The zero-order valence-corrected chi connectivity index (χ0v) is 16.7. The van der Waals surface area contributed by atoms with Crippen molar-refractivity contribution < 1.29 is 28.6 Å². The van der Waals surface area contributed by atoms with E-state index in [1.807, 2.05) is 0 Å². The average molecular weight is 379 g/mol. The molecule has 0 aliphatic rings. The summed E-state index contributed by atoms with van der Waals surface area (Å²) in [5, 5.41) is 17.5. The SMILES string of the molecule is CC(C)(CCCCCCCCCCC(C)(C)C(F)C(=O)O)C(F)C(=O)O. The fourth-order valence-electron chi connectivity index (χ4n) is 3.14. The van der Waals surface area contributed by atoms with Crippen molar-refractivity contribution in [2.75, 3.05) is 0 Å². The molecule has 0 radical (unpaired) electrons. The van der Waals surface area contributed by atoms with Crippen molar-refractivity contribution in [3.63, 3.8) is 0 Å². The van der Waals surface area contributed by atoms with Crippen molar-refractivity contribution >= 4 is 11.9 Å². The fourth-order valence-corrected chi connectivity index (χ4v) is 3.14. The number of carboxylic acid groups (broad SMARTS) is 2. The Kier molecular flexibility index (Phi) is 11.0. The highest BCUT2D eigenvalue weighted by Crippen LogP contribution is 2.31. The van der Waals surface area contributed by atoms with Crippen LogP contribution in [0, 0.1) is 10.8 Å².